The molecule has 0 bridgehead atoms. The number of hydrogen-bond acceptors (Lipinski definition) is 7. The molecule has 0 aromatic carbocycles. The molecule has 1 aromatic rings. The fraction of sp³-hybridized carbons (Fsp3) is 0.750. The van der Waals surface area contributed by atoms with Crippen molar-refractivity contribution in [3.05, 3.63) is 23.8 Å². The SMILES string of the molecule is CC(C)(C)N[C@@H]1CC[C@H](N2CCC(NC(=O)c3ccnc(C(C)(C)C)n3)C2=O)[C@H](NS(C)(=O)=O)C1. The summed E-state index contributed by atoms with van der Waals surface area (Å²) in [6.07, 6.45) is 5.26. The second-order valence-electron chi connectivity index (χ2n) is 11.8. The number of sulfonamides is 1. The average Bonchev–Trinajstić information content (AvgIpc) is 3.05. The molecule has 3 rings (SSSR count). The van der Waals surface area contributed by atoms with Gasteiger partial charge in [-0.05, 0) is 52.5 Å². The van der Waals surface area contributed by atoms with Crippen LogP contribution in [0.1, 0.15) is 83.5 Å². The highest BCUT2D eigenvalue weighted by atomic mass is 32.2. The molecule has 1 aromatic heterocycles. The molecule has 11 heteroatoms. The van der Waals surface area contributed by atoms with Crippen LogP contribution in [0, 0.1) is 0 Å². The van der Waals surface area contributed by atoms with E-state index in [2.05, 4.69) is 46.1 Å². The summed E-state index contributed by atoms with van der Waals surface area (Å²) in [5, 5.41) is 6.38. The molecule has 0 radical (unpaired) electrons. The first-order valence-corrected chi connectivity index (χ1v) is 14.1. The number of carbonyl (C=O) groups is 2. The summed E-state index contributed by atoms with van der Waals surface area (Å²) >= 11 is 0. The Kier molecular flexibility index (Phi) is 7.93. The Hall–Kier alpha value is -2.11. The quantitative estimate of drug-likeness (QED) is 0.528. The number of nitrogens with zero attached hydrogens (tertiary/aromatic N) is 3. The van der Waals surface area contributed by atoms with E-state index >= 15 is 0 Å². The lowest BCUT2D eigenvalue weighted by Crippen LogP contribution is -2.59. The van der Waals surface area contributed by atoms with Gasteiger partial charge in [0.2, 0.25) is 15.9 Å². The Labute approximate surface area is 209 Å². The monoisotopic (exact) mass is 508 g/mol. The molecule has 10 nitrogen and oxygen atoms in total. The fourth-order valence-electron chi connectivity index (χ4n) is 4.92. The smallest absolute Gasteiger partial charge is 0.270 e. The molecule has 1 saturated heterocycles. The van der Waals surface area contributed by atoms with Gasteiger partial charge in [0, 0.05) is 41.8 Å². The van der Waals surface area contributed by atoms with Gasteiger partial charge in [-0.1, -0.05) is 20.8 Å². The third-order valence-electron chi connectivity index (χ3n) is 6.32. The normalized spacial score (nSPS) is 26.1. The Morgan fingerprint density at radius 1 is 1.11 bits per heavy atom. The van der Waals surface area contributed by atoms with E-state index in [1.54, 1.807) is 11.1 Å². The van der Waals surface area contributed by atoms with Gasteiger partial charge in [-0.15, -0.1) is 0 Å². The molecular weight excluding hydrogens is 468 g/mol. The van der Waals surface area contributed by atoms with Crippen molar-refractivity contribution in [1.82, 2.24) is 30.2 Å². The minimum absolute atomic E-state index is 0.0974. The molecular formula is C24H40N6O4S. The fourth-order valence-corrected chi connectivity index (χ4v) is 5.72. The highest BCUT2D eigenvalue weighted by molar-refractivity contribution is 7.88. The minimum atomic E-state index is -3.46. The van der Waals surface area contributed by atoms with Gasteiger partial charge in [-0.3, -0.25) is 9.59 Å². The van der Waals surface area contributed by atoms with Gasteiger partial charge in [-0.25, -0.2) is 23.1 Å². The van der Waals surface area contributed by atoms with Crippen molar-refractivity contribution in [1.29, 1.82) is 0 Å². The first-order valence-electron chi connectivity index (χ1n) is 12.2. The van der Waals surface area contributed by atoms with E-state index in [1.165, 1.54) is 6.07 Å². The molecule has 3 N–H and O–H groups in total. The predicted octanol–water partition coefficient (Wildman–Crippen LogP) is 1.33. The molecule has 35 heavy (non-hydrogen) atoms. The largest absolute Gasteiger partial charge is 0.339 e. The second-order valence-corrected chi connectivity index (χ2v) is 13.6. The van der Waals surface area contributed by atoms with Crippen LogP contribution in [0.25, 0.3) is 0 Å². The molecule has 1 saturated carbocycles. The summed E-state index contributed by atoms with van der Waals surface area (Å²) in [7, 11) is -3.46. The summed E-state index contributed by atoms with van der Waals surface area (Å²) in [5.41, 5.74) is -0.181. The van der Waals surface area contributed by atoms with E-state index in [0.29, 0.717) is 31.6 Å². The summed E-state index contributed by atoms with van der Waals surface area (Å²) in [4.78, 5) is 36.5. The number of amides is 2. The van der Waals surface area contributed by atoms with Crippen molar-refractivity contribution in [2.75, 3.05) is 12.8 Å². The zero-order valence-electron chi connectivity index (χ0n) is 21.9. The highest BCUT2D eigenvalue weighted by Gasteiger charge is 2.43. The molecule has 2 heterocycles. The Morgan fingerprint density at radius 3 is 2.40 bits per heavy atom. The number of aromatic nitrogens is 2. The van der Waals surface area contributed by atoms with Gasteiger partial charge in [0.1, 0.15) is 17.6 Å². The number of carbonyl (C=O) groups excluding carboxylic acids is 2. The first-order chi connectivity index (χ1) is 16.0. The van der Waals surface area contributed by atoms with Crippen molar-refractivity contribution in [3.63, 3.8) is 0 Å². The number of rotatable bonds is 6. The van der Waals surface area contributed by atoms with Gasteiger partial charge in [-0.2, -0.15) is 0 Å². The van der Waals surface area contributed by atoms with Crippen molar-refractivity contribution in [3.8, 4) is 0 Å². The van der Waals surface area contributed by atoms with Gasteiger partial charge >= 0.3 is 0 Å². The first kappa shape index (κ1) is 27.5. The van der Waals surface area contributed by atoms with Crippen LogP contribution in [0.5, 0.6) is 0 Å². The lowest BCUT2D eigenvalue weighted by molar-refractivity contribution is -0.132. The second kappa shape index (κ2) is 10.1. The molecule has 1 aliphatic carbocycles. The van der Waals surface area contributed by atoms with E-state index in [4.69, 9.17) is 0 Å². The van der Waals surface area contributed by atoms with E-state index in [1.807, 2.05) is 20.8 Å². The summed E-state index contributed by atoms with van der Waals surface area (Å²) in [6.45, 7) is 12.6. The van der Waals surface area contributed by atoms with Crippen LogP contribution in [-0.4, -0.2) is 77.6 Å². The van der Waals surface area contributed by atoms with Crippen LogP contribution in [0.3, 0.4) is 0 Å². The molecule has 2 aliphatic rings. The predicted molar refractivity (Wildman–Crippen MR) is 134 cm³/mol. The van der Waals surface area contributed by atoms with Crippen LogP contribution >= 0.6 is 0 Å². The van der Waals surface area contributed by atoms with Crippen LogP contribution < -0.4 is 15.4 Å². The summed E-state index contributed by atoms with van der Waals surface area (Å²) < 4.78 is 26.9. The average molecular weight is 509 g/mol. The lowest BCUT2D eigenvalue weighted by Gasteiger charge is -2.43. The Morgan fingerprint density at radius 2 is 1.80 bits per heavy atom. The number of nitrogens with one attached hydrogen (secondary N) is 3. The Balaban J connectivity index is 1.71. The van der Waals surface area contributed by atoms with Crippen LogP contribution in [0.4, 0.5) is 0 Å². The van der Waals surface area contributed by atoms with Gasteiger partial charge in [0.15, 0.2) is 0 Å². The highest BCUT2D eigenvalue weighted by Crippen LogP contribution is 2.29. The van der Waals surface area contributed by atoms with Gasteiger partial charge < -0.3 is 15.5 Å². The van der Waals surface area contributed by atoms with E-state index in [-0.39, 0.29) is 34.6 Å². The van der Waals surface area contributed by atoms with Crippen molar-refractivity contribution in [2.24, 2.45) is 0 Å². The Bertz CT molecular complexity index is 1050. The molecule has 2 amide bonds. The van der Waals surface area contributed by atoms with Crippen LogP contribution in [-0.2, 0) is 20.2 Å². The maximum absolute atomic E-state index is 13.3. The molecule has 0 spiro atoms. The van der Waals surface area contributed by atoms with Crippen molar-refractivity contribution >= 4 is 21.8 Å². The molecule has 2 fully saturated rings. The number of hydrogen-bond donors (Lipinski definition) is 3. The van der Waals surface area contributed by atoms with Gasteiger partial charge in [0.05, 0.1) is 6.26 Å². The standard InChI is InChI=1S/C24H40N6O4S/c1-23(2,3)22-25-12-10-16(27-22)20(31)26-17-11-13-30(21(17)32)19-9-8-15(28-24(4,5)6)14-18(19)29-35(7,33)34/h10,12,15,17-19,28-29H,8-9,11,13-14H2,1-7H3,(H,26,31)/t15-,17?,18-,19+/m1/s1. The lowest BCUT2D eigenvalue weighted by atomic mass is 9.85. The molecule has 4 atom stereocenters. The zero-order valence-corrected chi connectivity index (χ0v) is 22.7. The van der Waals surface area contributed by atoms with Crippen LogP contribution in [0.15, 0.2) is 12.3 Å². The third kappa shape index (κ3) is 7.44. The summed E-state index contributed by atoms with van der Waals surface area (Å²) in [5.74, 6) is -0.0437. The molecule has 1 unspecified atom stereocenters. The molecule has 196 valence electrons. The van der Waals surface area contributed by atoms with E-state index < -0.39 is 28.0 Å². The maximum Gasteiger partial charge on any atom is 0.270 e. The number of likely N-dealkylation sites (tertiary alicyclic amines) is 1. The van der Waals surface area contributed by atoms with Gasteiger partial charge in [0.25, 0.3) is 5.91 Å². The zero-order chi connectivity index (χ0) is 26.2. The van der Waals surface area contributed by atoms with Crippen LogP contribution in [0.2, 0.25) is 0 Å². The maximum atomic E-state index is 13.3. The summed E-state index contributed by atoms with van der Waals surface area (Å²) in [6, 6.07) is 0.363. The van der Waals surface area contributed by atoms with Crippen molar-refractivity contribution < 1.29 is 18.0 Å². The van der Waals surface area contributed by atoms with E-state index in [9.17, 15) is 18.0 Å². The third-order valence-corrected chi connectivity index (χ3v) is 7.05. The topological polar surface area (TPSA) is 133 Å². The minimum Gasteiger partial charge on any atom is -0.339 e. The van der Waals surface area contributed by atoms with Crippen molar-refractivity contribution in [2.45, 2.75) is 102 Å². The van der Waals surface area contributed by atoms with E-state index in [0.717, 1.165) is 12.7 Å². The molecule has 1 aliphatic heterocycles.